The summed E-state index contributed by atoms with van der Waals surface area (Å²) < 4.78 is 0. The van der Waals surface area contributed by atoms with Gasteiger partial charge in [0, 0.05) is 19.4 Å². The highest BCUT2D eigenvalue weighted by atomic mass is 16.1. The zero-order valence-corrected chi connectivity index (χ0v) is 6.02. The molecule has 2 rings (SSSR count). The third-order valence-electron chi connectivity index (χ3n) is 2.61. The quantitative estimate of drug-likeness (QED) is 0.529. The zero-order valence-electron chi connectivity index (χ0n) is 6.02. The van der Waals surface area contributed by atoms with E-state index < -0.39 is 0 Å². The normalized spacial score (nSPS) is 39.8. The van der Waals surface area contributed by atoms with Crippen molar-refractivity contribution in [3.8, 4) is 0 Å². The first-order valence-corrected chi connectivity index (χ1v) is 3.90. The SMILES string of the molecule is O=C1[CH]C2(CCNC2)CC1. The highest BCUT2D eigenvalue weighted by Crippen LogP contribution is 2.39. The highest BCUT2D eigenvalue weighted by Gasteiger charge is 2.40. The van der Waals surface area contributed by atoms with Crippen molar-refractivity contribution in [2.75, 3.05) is 13.1 Å². The smallest absolute Gasteiger partial charge is 0.137 e. The molecule has 0 aromatic rings. The fourth-order valence-corrected chi connectivity index (χ4v) is 1.96. The summed E-state index contributed by atoms with van der Waals surface area (Å²) in [5.74, 6) is 0.351. The molecule has 1 aliphatic heterocycles. The van der Waals surface area contributed by atoms with E-state index in [1.54, 1.807) is 0 Å². The molecule has 55 valence electrons. The van der Waals surface area contributed by atoms with E-state index in [1.807, 2.05) is 6.42 Å². The molecular formula is C8H12NO. The summed E-state index contributed by atoms with van der Waals surface area (Å²) in [4.78, 5) is 10.9. The molecule has 1 saturated heterocycles. The first-order chi connectivity index (χ1) is 4.81. The van der Waals surface area contributed by atoms with Crippen molar-refractivity contribution in [1.82, 2.24) is 5.32 Å². The maximum absolute atomic E-state index is 10.9. The first-order valence-electron chi connectivity index (χ1n) is 3.90. The number of hydrogen-bond acceptors (Lipinski definition) is 2. The van der Waals surface area contributed by atoms with E-state index in [2.05, 4.69) is 5.32 Å². The van der Waals surface area contributed by atoms with Gasteiger partial charge in [-0.2, -0.15) is 0 Å². The Labute approximate surface area is 61.0 Å². The summed E-state index contributed by atoms with van der Waals surface area (Å²) in [6.07, 6.45) is 4.96. The second-order valence-corrected chi connectivity index (χ2v) is 3.40. The van der Waals surface area contributed by atoms with Crippen molar-refractivity contribution in [3.63, 3.8) is 0 Å². The summed E-state index contributed by atoms with van der Waals surface area (Å²) in [6, 6.07) is 0. The number of rotatable bonds is 0. The van der Waals surface area contributed by atoms with Gasteiger partial charge in [-0.1, -0.05) is 0 Å². The molecule has 1 atom stereocenters. The van der Waals surface area contributed by atoms with E-state index in [4.69, 9.17) is 0 Å². The van der Waals surface area contributed by atoms with E-state index in [0.29, 0.717) is 5.78 Å². The summed E-state index contributed by atoms with van der Waals surface area (Å²) in [5.41, 5.74) is 0.275. The summed E-state index contributed by atoms with van der Waals surface area (Å²) in [6.45, 7) is 2.11. The molecular weight excluding hydrogens is 126 g/mol. The van der Waals surface area contributed by atoms with Crippen molar-refractivity contribution in [3.05, 3.63) is 6.42 Å². The highest BCUT2D eigenvalue weighted by molar-refractivity contribution is 5.90. The van der Waals surface area contributed by atoms with Gasteiger partial charge in [-0.05, 0) is 24.8 Å². The Balaban J connectivity index is 2.09. The van der Waals surface area contributed by atoms with E-state index in [-0.39, 0.29) is 5.41 Å². The summed E-state index contributed by atoms with van der Waals surface area (Å²) in [5, 5.41) is 3.29. The number of Topliss-reactive ketones (excluding diaryl/α,β-unsaturated/α-hetero) is 1. The molecule has 0 amide bonds. The minimum atomic E-state index is 0.275. The van der Waals surface area contributed by atoms with Crippen LogP contribution >= 0.6 is 0 Å². The van der Waals surface area contributed by atoms with Crippen LogP contribution in [0.1, 0.15) is 19.3 Å². The number of carbonyl (C=O) groups excluding carboxylic acids is 1. The fraction of sp³-hybridized carbons (Fsp3) is 0.750. The van der Waals surface area contributed by atoms with Crippen LogP contribution in [0.4, 0.5) is 0 Å². The first kappa shape index (κ1) is 6.35. The molecule has 1 saturated carbocycles. The van der Waals surface area contributed by atoms with E-state index in [1.165, 1.54) is 6.42 Å². The van der Waals surface area contributed by atoms with Crippen LogP contribution in [0.5, 0.6) is 0 Å². The van der Waals surface area contributed by atoms with Gasteiger partial charge < -0.3 is 5.32 Å². The van der Waals surface area contributed by atoms with Crippen molar-refractivity contribution in [2.24, 2.45) is 5.41 Å². The lowest BCUT2D eigenvalue weighted by Crippen LogP contribution is -2.20. The monoisotopic (exact) mass is 138 g/mol. The number of nitrogens with one attached hydrogen (secondary N) is 1. The van der Waals surface area contributed by atoms with Crippen LogP contribution < -0.4 is 5.32 Å². The van der Waals surface area contributed by atoms with Gasteiger partial charge in [-0.25, -0.2) is 0 Å². The average molecular weight is 138 g/mol. The van der Waals surface area contributed by atoms with Crippen LogP contribution in [0.2, 0.25) is 0 Å². The molecule has 2 nitrogen and oxygen atoms in total. The predicted molar refractivity (Wildman–Crippen MR) is 38.5 cm³/mol. The van der Waals surface area contributed by atoms with Crippen molar-refractivity contribution < 1.29 is 4.79 Å². The molecule has 2 heteroatoms. The molecule has 1 N–H and O–H groups in total. The molecule has 2 fully saturated rings. The standard InChI is InChI=1S/C8H12NO/c10-7-1-2-8(5-7)3-4-9-6-8/h5,9H,1-4,6H2. The second-order valence-electron chi connectivity index (χ2n) is 3.40. The lowest BCUT2D eigenvalue weighted by molar-refractivity contribution is -0.114. The third-order valence-corrected chi connectivity index (χ3v) is 2.61. The van der Waals surface area contributed by atoms with Gasteiger partial charge >= 0.3 is 0 Å². The Kier molecular flexibility index (Phi) is 1.31. The second kappa shape index (κ2) is 2.06. The molecule has 1 aliphatic carbocycles. The summed E-state index contributed by atoms with van der Waals surface area (Å²) >= 11 is 0. The average Bonchev–Trinajstić information content (AvgIpc) is 2.46. The Morgan fingerprint density at radius 1 is 1.50 bits per heavy atom. The minimum Gasteiger partial charge on any atom is -0.316 e. The topological polar surface area (TPSA) is 29.1 Å². The molecule has 1 radical (unpaired) electrons. The number of hydrogen-bond donors (Lipinski definition) is 1. The number of ketones is 1. The predicted octanol–water partition coefficient (Wildman–Crippen LogP) is 0.533. The van der Waals surface area contributed by atoms with Gasteiger partial charge in [0.25, 0.3) is 0 Å². The molecule has 0 aromatic carbocycles. The largest absolute Gasteiger partial charge is 0.316 e. The molecule has 0 bridgehead atoms. The molecule has 1 unspecified atom stereocenters. The Hall–Kier alpha value is -0.370. The molecule has 1 heterocycles. The number of carbonyl (C=O) groups is 1. The van der Waals surface area contributed by atoms with Crippen LogP contribution in [0.3, 0.4) is 0 Å². The van der Waals surface area contributed by atoms with Crippen molar-refractivity contribution in [1.29, 1.82) is 0 Å². The van der Waals surface area contributed by atoms with Gasteiger partial charge in [-0.3, -0.25) is 4.79 Å². The van der Waals surface area contributed by atoms with Gasteiger partial charge in [0.1, 0.15) is 5.78 Å². The lowest BCUT2D eigenvalue weighted by Gasteiger charge is -2.18. The maximum Gasteiger partial charge on any atom is 0.137 e. The van der Waals surface area contributed by atoms with Gasteiger partial charge in [0.05, 0.1) is 0 Å². The maximum atomic E-state index is 10.9. The zero-order chi connectivity index (χ0) is 7.03. The van der Waals surface area contributed by atoms with Gasteiger partial charge in [0.2, 0.25) is 0 Å². The van der Waals surface area contributed by atoms with E-state index >= 15 is 0 Å². The molecule has 0 aromatic heterocycles. The van der Waals surface area contributed by atoms with Gasteiger partial charge in [-0.15, -0.1) is 0 Å². The van der Waals surface area contributed by atoms with Crippen LogP contribution in [0, 0.1) is 11.8 Å². The van der Waals surface area contributed by atoms with Crippen LogP contribution in [0.15, 0.2) is 0 Å². The van der Waals surface area contributed by atoms with Crippen LogP contribution in [-0.2, 0) is 4.79 Å². The van der Waals surface area contributed by atoms with Crippen LogP contribution in [-0.4, -0.2) is 18.9 Å². The van der Waals surface area contributed by atoms with Crippen molar-refractivity contribution >= 4 is 5.78 Å². The Morgan fingerprint density at radius 2 is 2.40 bits per heavy atom. The minimum absolute atomic E-state index is 0.275. The Bertz CT molecular complexity index is 159. The third kappa shape index (κ3) is 0.870. The molecule has 10 heavy (non-hydrogen) atoms. The molecule has 1 spiro atoms. The van der Waals surface area contributed by atoms with Gasteiger partial charge in [0.15, 0.2) is 0 Å². The lowest BCUT2D eigenvalue weighted by atomic mass is 9.86. The van der Waals surface area contributed by atoms with Crippen LogP contribution in [0.25, 0.3) is 0 Å². The van der Waals surface area contributed by atoms with Crippen molar-refractivity contribution in [2.45, 2.75) is 19.3 Å². The summed E-state index contributed by atoms with van der Waals surface area (Å²) in [7, 11) is 0. The van der Waals surface area contributed by atoms with E-state index in [9.17, 15) is 4.79 Å². The van der Waals surface area contributed by atoms with E-state index in [0.717, 1.165) is 25.9 Å². The Morgan fingerprint density at radius 3 is 2.90 bits per heavy atom. The fourth-order valence-electron chi connectivity index (χ4n) is 1.96. The molecule has 2 aliphatic rings.